The number of aromatic nitrogens is 4. The highest BCUT2D eigenvalue weighted by Crippen LogP contribution is 2.21. The van der Waals surface area contributed by atoms with Crippen molar-refractivity contribution in [3.63, 3.8) is 0 Å². The number of amides is 1. The summed E-state index contributed by atoms with van der Waals surface area (Å²) >= 11 is 1.34. The molecule has 0 fully saturated rings. The molecule has 1 unspecified atom stereocenters. The van der Waals surface area contributed by atoms with E-state index in [0.717, 1.165) is 11.3 Å². The molecule has 0 bridgehead atoms. The molecule has 0 aliphatic heterocycles. The predicted octanol–water partition coefficient (Wildman–Crippen LogP) is 2.43. The first kappa shape index (κ1) is 16.2. The lowest BCUT2D eigenvalue weighted by Gasteiger charge is -2.18. The van der Waals surface area contributed by atoms with Gasteiger partial charge in [0.05, 0.1) is 11.7 Å². The number of hydrogen-bond donors (Lipinski definition) is 1. The van der Waals surface area contributed by atoms with Crippen LogP contribution in [0.15, 0.2) is 65.3 Å². The van der Waals surface area contributed by atoms with E-state index in [2.05, 4.69) is 15.4 Å². The van der Waals surface area contributed by atoms with Crippen LogP contribution in [0.2, 0.25) is 0 Å². The first-order chi connectivity index (χ1) is 12.6. The number of thiazole rings is 1. The SMILES string of the molecule is CC(NC(=O)c1cnc2sccn2c1=O)c1ccccc1-n1cccn1. The van der Waals surface area contributed by atoms with Gasteiger partial charge in [0.15, 0.2) is 4.96 Å². The van der Waals surface area contributed by atoms with Gasteiger partial charge in [-0.25, -0.2) is 9.67 Å². The van der Waals surface area contributed by atoms with Crippen LogP contribution in [0.4, 0.5) is 0 Å². The maximum Gasteiger partial charge on any atom is 0.271 e. The van der Waals surface area contributed by atoms with Gasteiger partial charge in [-0.15, -0.1) is 11.3 Å². The van der Waals surface area contributed by atoms with Gasteiger partial charge in [-0.3, -0.25) is 14.0 Å². The Morgan fingerprint density at radius 3 is 2.88 bits per heavy atom. The molecule has 1 N–H and O–H groups in total. The molecular formula is C18H15N5O2S. The van der Waals surface area contributed by atoms with Crippen molar-refractivity contribution in [2.75, 3.05) is 0 Å². The Morgan fingerprint density at radius 1 is 1.23 bits per heavy atom. The molecular weight excluding hydrogens is 350 g/mol. The van der Waals surface area contributed by atoms with Crippen LogP contribution in [-0.4, -0.2) is 25.1 Å². The molecule has 1 aromatic carbocycles. The van der Waals surface area contributed by atoms with Crippen molar-refractivity contribution in [2.24, 2.45) is 0 Å². The molecule has 1 atom stereocenters. The Balaban J connectivity index is 1.64. The van der Waals surface area contributed by atoms with Crippen molar-refractivity contribution in [3.05, 3.63) is 82.0 Å². The van der Waals surface area contributed by atoms with E-state index in [1.54, 1.807) is 22.5 Å². The predicted molar refractivity (Wildman–Crippen MR) is 98.8 cm³/mol. The van der Waals surface area contributed by atoms with Crippen LogP contribution < -0.4 is 10.9 Å². The average molecular weight is 365 g/mol. The maximum absolute atomic E-state index is 12.6. The first-order valence-electron chi connectivity index (χ1n) is 8.00. The Labute approximate surface area is 152 Å². The number of rotatable bonds is 4. The summed E-state index contributed by atoms with van der Waals surface area (Å²) in [6.07, 6.45) is 6.48. The quantitative estimate of drug-likeness (QED) is 0.602. The molecule has 0 saturated carbocycles. The number of carbonyl (C=O) groups excluding carboxylic acids is 1. The highest BCUT2D eigenvalue weighted by molar-refractivity contribution is 7.15. The zero-order valence-electron chi connectivity index (χ0n) is 13.9. The van der Waals surface area contributed by atoms with E-state index >= 15 is 0 Å². The van der Waals surface area contributed by atoms with Crippen LogP contribution in [-0.2, 0) is 0 Å². The molecule has 3 aromatic heterocycles. The van der Waals surface area contributed by atoms with Gasteiger partial charge in [-0.1, -0.05) is 18.2 Å². The average Bonchev–Trinajstić information content (AvgIpc) is 3.34. The Bertz CT molecular complexity index is 1130. The number of nitrogens with zero attached hydrogens (tertiary/aromatic N) is 4. The lowest BCUT2D eigenvalue weighted by molar-refractivity contribution is 0.0938. The lowest BCUT2D eigenvalue weighted by Crippen LogP contribution is -2.33. The van der Waals surface area contributed by atoms with Crippen LogP contribution >= 0.6 is 11.3 Å². The fourth-order valence-corrected chi connectivity index (χ4v) is 3.48. The van der Waals surface area contributed by atoms with E-state index in [1.807, 2.05) is 43.5 Å². The summed E-state index contributed by atoms with van der Waals surface area (Å²) in [4.78, 5) is 29.8. The summed E-state index contributed by atoms with van der Waals surface area (Å²) < 4.78 is 3.12. The van der Waals surface area contributed by atoms with Gasteiger partial charge in [0.2, 0.25) is 0 Å². The zero-order valence-corrected chi connectivity index (χ0v) is 14.7. The van der Waals surface area contributed by atoms with Gasteiger partial charge in [-0.05, 0) is 24.6 Å². The van der Waals surface area contributed by atoms with Crippen molar-refractivity contribution >= 4 is 22.2 Å². The monoisotopic (exact) mass is 365 g/mol. The standard InChI is InChI=1S/C18H15N5O2S/c1-12(13-5-2-3-6-15(13)23-8-4-7-20-23)21-16(24)14-11-19-18-22(17(14)25)9-10-26-18/h2-12H,1H3,(H,21,24). The highest BCUT2D eigenvalue weighted by Gasteiger charge is 2.18. The molecule has 0 radical (unpaired) electrons. The summed E-state index contributed by atoms with van der Waals surface area (Å²) in [5.41, 5.74) is 1.41. The molecule has 3 heterocycles. The maximum atomic E-state index is 12.6. The molecule has 0 aliphatic carbocycles. The Morgan fingerprint density at radius 2 is 2.08 bits per heavy atom. The van der Waals surface area contributed by atoms with Crippen molar-refractivity contribution in [1.29, 1.82) is 0 Å². The third kappa shape index (κ3) is 2.80. The normalized spacial score (nSPS) is 12.2. The summed E-state index contributed by atoms with van der Waals surface area (Å²) in [6, 6.07) is 9.19. The number of benzene rings is 1. The fraction of sp³-hybridized carbons (Fsp3) is 0.111. The first-order valence-corrected chi connectivity index (χ1v) is 8.88. The molecule has 0 aliphatic rings. The summed E-state index contributed by atoms with van der Waals surface area (Å²) in [5.74, 6) is -0.453. The van der Waals surface area contributed by atoms with Crippen molar-refractivity contribution in [2.45, 2.75) is 13.0 Å². The molecule has 4 aromatic rings. The molecule has 8 heteroatoms. The van der Waals surface area contributed by atoms with E-state index in [0.29, 0.717) is 4.96 Å². The van der Waals surface area contributed by atoms with Crippen LogP contribution in [0.25, 0.3) is 10.6 Å². The smallest absolute Gasteiger partial charge is 0.271 e. The molecule has 1 amide bonds. The molecule has 0 spiro atoms. The van der Waals surface area contributed by atoms with E-state index in [1.165, 1.54) is 21.9 Å². The molecule has 7 nitrogen and oxygen atoms in total. The van der Waals surface area contributed by atoms with E-state index in [9.17, 15) is 9.59 Å². The minimum Gasteiger partial charge on any atom is -0.345 e. The summed E-state index contributed by atoms with van der Waals surface area (Å²) in [6.45, 7) is 1.87. The number of hydrogen-bond acceptors (Lipinski definition) is 5. The van der Waals surface area contributed by atoms with Crippen molar-refractivity contribution < 1.29 is 4.79 Å². The molecule has 0 saturated heterocycles. The van der Waals surface area contributed by atoms with Gasteiger partial charge >= 0.3 is 0 Å². The van der Waals surface area contributed by atoms with Gasteiger partial charge in [0.1, 0.15) is 5.56 Å². The number of fused-ring (bicyclic) bond motifs is 1. The van der Waals surface area contributed by atoms with Crippen molar-refractivity contribution in [3.8, 4) is 5.69 Å². The third-order valence-corrected chi connectivity index (χ3v) is 4.86. The summed E-state index contributed by atoms with van der Waals surface area (Å²) in [5, 5.41) is 8.89. The van der Waals surface area contributed by atoms with Crippen LogP contribution in [0, 0.1) is 0 Å². The van der Waals surface area contributed by atoms with Gasteiger partial charge in [0.25, 0.3) is 11.5 Å². The molecule has 130 valence electrons. The zero-order chi connectivity index (χ0) is 18.1. The summed E-state index contributed by atoms with van der Waals surface area (Å²) in [7, 11) is 0. The number of para-hydroxylation sites is 1. The number of nitrogens with one attached hydrogen (secondary N) is 1. The third-order valence-electron chi connectivity index (χ3n) is 4.09. The minimum absolute atomic E-state index is 0.0179. The highest BCUT2D eigenvalue weighted by atomic mass is 32.1. The van der Waals surface area contributed by atoms with Crippen LogP contribution in [0.5, 0.6) is 0 Å². The largest absolute Gasteiger partial charge is 0.345 e. The minimum atomic E-state index is -0.453. The molecule has 26 heavy (non-hydrogen) atoms. The van der Waals surface area contributed by atoms with Crippen molar-refractivity contribution in [1.82, 2.24) is 24.5 Å². The lowest BCUT2D eigenvalue weighted by atomic mass is 10.1. The molecule has 4 rings (SSSR count). The second kappa shape index (κ2) is 6.57. The van der Waals surface area contributed by atoms with Gasteiger partial charge in [0, 0.05) is 30.2 Å². The fourth-order valence-electron chi connectivity index (χ4n) is 2.81. The van der Waals surface area contributed by atoms with Gasteiger partial charge < -0.3 is 5.32 Å². The second-order valence-corrected chi connectivity index (χ2v) is 6.61. The Hall–Kier alpha value is -3.26. The second-order valence-electron chi connectivity index (χ2n) is 5.74. The van der Waals surface area contributed by atoms with E-state index in [4.69, 9.17) is 0 Å². The topological polar surface area (TPSA) is 81.3 Å². The van der Waals surface area contributed by atoms with E-state index in [-0.39, 0.29) is 17.2 Å². The van der Waals surface area contributed by atoms with Crippen LogP contribution in [0.3, 0.4) is 0 Å². The van der Waals surface area contributed by atoms with Crippen LogP contribution in [0.1, 0.15) is 28.9 Å². The van der Waals surface area contributed by atoms with Gasteiger partial charge in [-0.2, -0.15) is 5.10 Å². The van der Waals surface area contributed by atoms with E-state index < -0.39 is 5.91 Å². The number of carbonyl (C=O) groups is 1. The Kier molecular flexibility index (Phi) is 4.10.